The summed E-state index contributed by atoms with van der Waals surface area (Å²) in [5, 5.41) is 13.2. The molecule has 0 aliphatic carbocycles. The monoisotopic (exact) mass is 677 g/mol. The number of imide groups is 2. The van der Waals surface area contributed by atoms with Crippen LogP contribution in [0, 0.1) is 13.7 Å². The van der Waals surface area contributed by atoms with E-state index in [0.29, 0.717) is 25.5 Å². The van der Waals surface area contributed by atoms with Crippen molar-refractivity contribution in [3.63, 3.8) is 0 Å². The molecule has 0 spiro atoms. The van der Waals surface area contributed by atoms with E-state index in [-0.39, 0.29) is 23.6 Å². The molecule has 4 rings (SSSR count). The number of halogens is 2. The number of carbonyl (C=O) groups is 3. The normalized spacial score (nSPS) is 14.5. The van der Waals surface area contributed by atoms with Crippen LogP contribution in [0.5, 0.6) is 11.5 Å². The number of nitrogens with one attached hydrogen (secondary N) is 1. The molecule has 0 aromatic heterocycles. The van der Waals surface area contributed by atoms with Crippen LogP contribution < -0.4 is 19.7 Å². The van der Waals surface area contributed by atoms with Crippen LogP contribution in [0.15, 0.2) is 70.7 Å². The van der Waals surface area contributed by atoms with Gasteiger partial charge < -0.3 is 9.47 Å². The number of amides is 4. The minimum Gasteiger partial charge on any atom is -0.493 e. The van der Waals surface area contributed by atoms with Crippen LogP contribution in [-0.4, -0.2) is 29.9 Å². The van der Waals surface area contributed by atoms with E-state index in [4.69, 9.17) is 9.47 Å². The molecule has 0 bridgehead atoms. The van der Waals surface area contributed by atoms with Crippen LogP contribution in [0.3, 0.4) is 0 Å². The summed E-state index contributed by atoms with van der Waals surface area (Å²) < 4.78 is 13.0. The van der Waals surface area contributed by atoms with E-state index in [0.717, 1.165) is 16.1 Å². The predicted molar refractivity (Wildman–Crippen MR) is 146 cm³/mol. The van der Waals surface area contributed by atoms with Gasteiger partial charge in [-0.2, -0.15) is 0 Å². The minimum atomic E-state index is -1.00. The van der Waals surface area contributed by atoms with Crippen LogP contribution in [0.4, 0.5) is 16.2 Å². The maximum atomic E-state index is 13.2. The lowest BCUT2D eigenvalue weighted by Crippen LogP contribution is -2.54. The Hall–Kier alpha value is -3.78. The highest BCUT2D eigenvalue weighted by Crippen LogP contribution is 2.36. The van der Waals surface area contributed by atoms with Crippen molar-refractivity contribution in [2.24, 2.45) is 0 Å². The molecule has 1 heterocycles. The third-order valence-corrected chi connectivity index (χ3v) is 6.87. The Morgan fingerprint density at radius 2 is 1.86 bits per heavy atom. The van der Waals surface area contributed by atoms with Crippen LogP contribution >= 0.6 is 38.5 Å². The van der Waals surface area contributed by atoms with E-state index in [2.05, 4.69) is 43.8 Å². The van der Waals surface area contributed by atoms with Gasteiger partial charge in [0.25, 0.3) is 17.5 Å². The number of hydrogen-bond donors (Lipinski definition) is 1. The Balaban J connectivity index is 1.66. The van der Waals surface area contributed by atoms with E-state index >= 15 is 0 Å². The third kappa shape index (κ3) is 5.64. The molecule has 4 amide bonds. The summed E-state index contributed by atoms with van der Waals surface area (Å²) in [6.07, 6.45) is 1.32. The van der Waals surface area contributed by atoms with Crippen molar-refractivity contribution >= 4 is 73.8 Å². The van der Waals surface area contributed by atoms with Gasteiger partial charge in [-0.25, -0.2) is 9.69 Å². The Kier molecular flexibility index (Phi) is 7.88. The molecule has 3 aromatic carbocycles. The van der Waals surface area contributed by atoms with Crippen LogP contribution in [0.25, 0.3) is 6.08 Å². The molecule has 1 N–H and O–H groups in total. The lowest BCUT2D eigenvalue weighted by molar-refractivity contribution is -0.384. The van der Waals surface area contributed by atoms with E-state index in [1.165, 1.54) is 31.4 Å². The SMILES string of the molecule is COc1cc(/C=C2\C(=O)NC(=O)N(c3cccc([N+](=O)[O-])c3)C2=O)cc(I)c1OCc1ccccc1Br. The molecule has 0 atom stereocenters. The number of carbonyl (C=O) groups excluding carboxylic acids is 3. The average molecular weight is 678 g/mol. The van der Waals surface area contributed by atoms with E-state index in [9.17, 15) is 24.5 Å². The summed E-state index contributed by atoms with van der Waals surface area (Å²) in [6.45, 7) is 0.273. The van der Waals surface area contributed by atoms with Crippen molar-refractivity contribution in [1.82, 2.24) is 5.32 Å². The molecule has 37 heavy (non-hydrogen) atoms. The average Bonchev–Trinajstić information content (AvgIpc) is 2.86. The Morgan fingerprint density at radius 3 is 2.57 bits per heavy atom. The molecule has 0 saturated carbocycles. The fourth-order valence-corrected chi connectivity index (χ4v) is 4.71. The van der Waals surface area contributed by atoms with Gasteiger partial charge in [-0.3, -0.25) is 25.0 Å². The maximum absolute atomic E-state index is 13.2. The molecule has 1 saturated heterocycles. The highest BCUT2D eigenvalue weighted by molar-refractivity contribution is 14.1. The Morgan fingerprint density at radius 1 is 1.11 bits per heavy atom. The lowest BCUT2D eigenvalue weighted by atomic mass is 10.1. The molecule has 1 fully saturated rings. The Labute approximate surface area is 232 Å². The van der Waals surface area contributed by atoms with Gasteiger partial charge >= 0.3 is 6.03 Å². The van der Waals surface area contributed by atoms with Crippen LogP contribution in [-0.2, 0) is 16.2 Å². The van der Waals surface area contributed by atoms with Crippen molar-refractivity contribution in [3.8, 4) is 11.5 Å². The van der Waals surface area contributed by atoms with Crippen molar-refractivity contribution < 1.29 is 28.8 Å². The molecule has 0 unspecified atom stereocenters. The van der Waals surface area contributed by atoms with Gasteiger partial charge in [0.15, 0.2) is 11.5 Å². The van der Waals surface area contributed by atoms with Crippen molar-refractivity contribution in [2.75, 3.05) is 12.0 Å². The highest BCUT2D eigenvalue weighted by atomic mass is 127. The molecule has 10 nitrogen and oxygen atoms in total. The molecule has 1 aliphatic heterocycles. The summed E-state index contributed by atoms with van der Waals surface area (Å²) in [5.74, 6) is -0.952. The van der Waals surface area contributed by atoms with Crippen LogP contribution in [0.1, 0.15) is 11.1 Å². The lowest BCUT2D eigenvalue weighted by Gasteiger charge is -2.26. The van der Waals surface area contributed by atoms with Gasteiger partial charge in [0.2, 0.25) is 0 Å². The van der Waals surface area contributed by atoms with E-state index in [1.807, 2.05) is 24.3 Å². The first-order valence-electron chi connectivity index (χ1n) is 10.6. The predicted octanol–water partition coefficient (Wildman–Crippen LogP) is 5.22. The fraction of sp³-hybridized carbons (Fsp3) is 0.0800. The number of nitrogens with zero attached hydrogens (tertiary/aromatic N) is 2. The largest absolute Gasteiger partial charge is 0.493 e. The standard InChI is InChI=1S/C25H17BrIN3O7/c1-36-21-11-14(10-20(27)22(21)37-13-15-5-2-3-8-19(15)26)9-18-23(31)28-25(33)29(24(18)32)16-6-4-7-17(12-16)30(34)35/h2-12H,13H2,1H3,(H,28,31,33)/b18-9+. The molecule has 1 aliphatic rings. The summed E-state index contributed by atoms with van der Waals surface area (Å²) in [4.78, 5) is 49.3. The summed E-state index contributed by atoms with van der Waals surface area (Å²) in [6, 6.07) is 14.9. The smallest absolute Gasteiger partial charge is 0.335 e. The maximum Gasteiger partial charge on any atom is 0.335 e. The second kappa shape index (κ2) is 11.1. The second-order valence-electron chi connectivity index (χ2n) is 7.65. The quantitative estimate of drug-likeness (QED) is 0.119. The Bertz CT molecular complexity index is 1470. The van der Waals surface area contributed by atoms with E-state index < -0.39 is 22.8 Å². The number of non-ortho nitro benzene ring substituents is 1. The molecule has 12 heteroatoms. The molecular weight excluding hydrogens is 661 g/mol. The van der Waals surface area contributed by atoms with Gasteiger partial charge in [0.05, 0.1) is 21.3 Å². The first-order chi connectivity index (χ1) is 17.7. The molecule has 3 aromatic rings. The number of methoxy groups -OCH3 is 1. The number of barbiturate groups is 1. The number of ether oxygens (including phenoxy) is 2. The number of nitro benzene ring substituents is 1. The molecular formula is C25H17BrIN3O7. The van der Waals surface area contributed by atoms with E-state index in [1.54, 1.807) is 12.1 Å². The van der Waals surface area contributed by atoms with Gasteiger partial charge in [-0.1, -0.05) is 40.2 Å². The van der Waals surface area contributed by atoms with Crippen molar-refractivity contribution in [3.05, 3.63) is 95.5 Å². The van der Waals surface area contributed by atoms with Gasteiger partial charge in [-0.05, 0) is 58.5 Å². The third-order valence-electron chi connectivity index (χ3n) is 5.29. The topological polar surface area (TPSA) is 128 Å². The zero-order valence-corrected chi connectivity index (χ0v) is 22.8. The minimum absolute atomic E-state index is 0.0434. The fourth-order valence-electron chi connectivity index (χ4n) is 3.53. The van der Waals surface area contributed by atoms with Gasteiger partial charge in [0.1, 0.15) is 12.2 Å². The van der Waals surface area contributed by atoms with Gasteiger partial charge in [0, 0.05) is 22.2 Å². The zero-order chi connectivity index (χ0) is 26.7. The highest BCUT2D eigenvalue weighted by Gasteiger charge is 2.37. The van der Waals surface area contributed by atoms with Crippen LogP contribution in [0.2, 0.25) is 0 Å². The van der Waals surface area contributed by atoms with Gasteiger partial charge in [-0.15, -0.1) is 0 Å². The molecule has 188 valence electrons. The number of nitro groups is 1. The van der Waals surface area contributed by atoms with Crippen molar-refractivity contribution in [1.29, 1.82) is 0 Å². The zero-order valence-electron chi connectivity index (χ0n) is 19.1. The summed E-state index contributed by atoms with van der Waals surface area (Å²) in [5.41, 5.74) is 0.699. The first kappa shape index (κ1) is 26.3. The summed E-state index contributed by atoms with van der Waals surface area (Å²) >= 11 is 5.54. The number of rotatable bonds is 7. The number of anilines is 1. The summed E-state index contributed by atoms with van der Waals surface area (Å²) in [7, 11) is 1.47. The molecule has 0 radical (unpaired) electrons. The number of benzene rings is 3. The first-order valence-corrected chi connectivity index (χ1v) is 12.5. The number of hydrogen-bond acceptors (Lipinski definition) is 7. The second-order valence-corrected chi connectivity index (χ2v) is 9.67. The number of urea groups is 1. The van der Waals surface area contributed by atoms with Crippen molar-refractivity contribution in [2.45, 2.75) is 6.61 Å².